The van der Waals surface area contributed by atoms with Crippen LogP contribution in [0, 0.1) is 5.41 Å². The van der Waals surface area contributed by atoms with E-state index < -0.39 is 75.4 Å². The molecule has 4 fully saturated rings. The van der Waals surface area contributed by atoms with Gasteiger partial charge in [0.05, 0.1) is 24.2 Å². The Balaban J connectivity index is 1.89. The number of Topliss-reactive ketones (excluding diaryl/α,β-unsaturated/α-hetero) is 1. The minimum absolute atomic E-state index is 0.200. The first-order chi connectivity index (χ1) is 14.5. The quantitative estimate of drug-likeness (QED) is 0.291. The van der Waals surface area contributed by atoms with Crippen LogP contribution in [0.4, 0.5) is 0 Å². The molecule has 178 valence electrons. The van der Waals surface area contributed by atoms with Gasteiger partial charge in [0, 0.05) is 26.8 Å². The van der Waals surface area contributed by atoms with Gasteiger partial charge in [0.25, 0.3) is 11.8 Å². The second-order valence-corrected chi connectivity index (χ2v) is 11.4. The topological polar surface area (TPSA) is 134 Å². The highest BCUT2D eigenvalue weighted by molar-refractivity contribution is 7.83. The number of thiol groups is 2. The Morgan fingerprint density at radius 2 is 1.84 bits per heavy atom. The molecule has 0 radical (unpaired) electrons. The number of aliphatic hydroxyl groups excluding tert-OH is 1. The number of rotatable bonds is 2. The molecule has 10 nitrogen and oxygen atoms in total. The zero-order chi connectivity index (χ0) is 24.2. The molecule has 7 unspecified atom stereocenters. The normalized spacial score (nSPS) is 47.3. The van der Waals surface area contributed by atoms with Crippen molar-refractivity contribution < 1.29 is 38.9 Å². The van der Waals surface area contributed by atoms with E-state index >= 15 is 0 Å². The fraction of sp³-hybridized carbons (Fsp3) is 0.800. The molecule has 0 bridgehead atoms. The number of fused-ring (bicyclic) bond motifs is 3. The summed E-state index contributed by atoms with van der Waals surface area (Å²) < 4.78 is 11.6. The third-order valence-electron chi connectivity index (χ3n) is 7.83. The van der Waals surface area contributed by atoms with Gasteiger partial charge in [-0.2, -0.15) is 0 Å². The summed E-state index contributed by atoms with van der Waals surface area (Å²) in [7, 11) is 1.32. The molecule has 1 saturated carbocycles. The number of likely N-dealkylation sites (N-methyl/N-ethyl adjacent to an activating group) is 1. The first kappa shape index (κ1) is 23.8. The molecule has 3 aliphatic heterocycles. The van der Waals surface area contributed by atoms with Crippen molar-refractivity contribution in [3.05, 3.63) is 0 Å². The lowest BCUT2D eigenvalue weighted by atomic mass is 9.76. The molecule has 3 saturated heterocycles. The van der Waals surface area contributed by atoms with Crippen molar-refractivity contribution in [1.29, 1.82) is 0 Å². The highest BCUT2D eigenvalue weighted by atomic mass is 32.1. The van der Waals surface area contributed by atoms with Gasteiger partial charge in [-0.3, -0.25) is 19.2 Å². The molecule has 0 aromatic carbocycles. The zero-order valence-electron chi connectivity index (χ0n) is 18.5. The van der Waals surface area contributed by atoms with E-state index in [0.29, 0.717) is 0 Å². The number of ketones is 1. The largest absolute Gasteiger partial charge is 0.456 e. The van der Waals surface area contributed by atoms with Gasteiger partial charge in [-0.05, 0) is 6.92 Å². The lowest BCUT2D eigenvalue weighted by molar-refractivity contribution is -0.189. The number of hydrogen-bond acceptors (Lipinski definition) is 10. The van der Waals surface area contributed by atoms with Gasteiger partial charge >= 0.3 is 5.97 Å². The maximum absolute atomic E-state index is 13.6. The van der Waals surface area contributed by atoms with Gasteiger partial charge < -0.3 is 29.5 Å². The molecule has 3 heterocycles. The molecular weight excluding hydrogens is 460 g/mol. The third kappa shape index (κ3) is 2.50. The van der Waals surface area contributed by atoms with Crippen molar-refractivity contribution in [2.45, 2.75) is 79.7 Å². The van der Waals surface area contributed by atoms with Crippen LogP contribution in [0.5, 0.6) is 0 Å². The number of nitrogens with zero attached hydrogens (tertiary/aromatic N) is 2. The minimum Gasteiger partial charge on any atom is -0.456 e. The van der Waals surface area contributed by atoms with Crippen LogP contribution in [0.3, 0.4) is 0 Å². The molecule has 7 atom stereocenters. The van der Waals surface area contributed by atoms with Crippen LogP contribution in [0.15, 0.2) is 0 Å². The van der Waals surface area contributed by atoms with Crippen molar-refractivity contribution in [3.8, 4) is 0 Å². The van der Waals surface area contributed by atoms with E-state index in [9.17, 15) is 29.4 Å². The summed E-state index contributed by atoms with van der Waals surface area (Å²) in [4.78, 5) is 50.8. The maximum Gasteiger partial charge on any atom is 0.303 e. The van der Waals surface area contributed by atoms with E-state index in [-0.39, 0.29) is 12.2 Å². The van der Waals surface area contributed by atoms with E-state index in [1.165, 1.54) is 7.05 Å². The van der Waals surface area contributed by atoms with Crippen LogP contribution in [0.2, 0.25) is 0 Å². The number of piperazine rings is 1. The highest BCUT2D eigenvalue weighted by Crippen LogP contribution is 2.62. The molecule has 0 aromatic rings. The van der Waals surface area contributed by atoms with Gasteiger partial charge in [-0.25, -0.2) is 0 Å². The molecule has 0 aromatic heterocycles. The van der Waals surface area contributed by atoms with Gasteiger partial charge in [-0.1, -0.05) is 13.8 Å². The molecular formula is C20H28N2O8S2. The summed E-state index contributed by atoms with van der Waals surface area (Å²) in [5.74, 6) is -2.51. The van der Waals surface area contributed by atoms with Gasteiger partial charge in [0.15, 0.2) is 27.2 Å². The molecule has 1 spiro atoms. The van der Waals surface area contributed by atoms with E-state index in [0.717, 1.165) is 16.7 Å². The molecule has 4 aliphatic rings. The van der Waals surface area contributed by atoms with Gasteiger partial charge in [0.1, 0.15) is 5.60 Å². The number of carbonyl (C=O) groups is 4. The van der Waals surface area contributed by atoms with Crippen molar-refractivity contribution in [1.82, 2.24) is 9.80 Å². The molecule has 2 N–H and O–H groups in total. The highest BCUT2D eigenvalue weighted by Gasteiger charge is 2.81. The maximum atomic E-state index is 13.6. The Bertz CT molecular complexity index is 945. The van der Waals surface area contributed by atoms with Crippen LogP contribution < -0.4 is 0 Å². The van der Waals surface area contributed by atoms with Crippen molar-refractivity contribution in [2.24, 2.45) is 5.41 Å². The number of amides is 2. The first-order valence-electron chi connectivity index (χ1n) is 10.3. The molecule has 1 aliphatic carbocycles. The van der Waals surface area contributed by atoms with Crippen LogP contribution in [-0.2, 0) is 28.7 Å². The number of aliphatic hydroxyl groups is 2. The predicted molar refractivity (Wildman–Crippen MR) is 116 cm³/mol. The van der Waals surface area contributed by atoms with E-state index in [1.54, 1.807) is 20.8 Å². The average Bonchev–Trinajstić information content (AvgIpc) is 3.14. The Morgan fingerprint density at radius 1 is 1.25 bits per heavy atom. The SMILES string of the molecule is CC(=O)OC1C2(CC3N4C(=O)C(S)(CO)N(C)C(=O)C4(S)CC31O)OC(C)C(C)(C)C2=O. The predicted octanol–water partition coefficient (Wildman–Crippen LogP) is -0.877. The van der Waals surface area contributed by atoms with E-state index in [1.807, 2.05) is 0 Å². The summed E-state index contributed by atoms with van der Waals surface area (Å²) in [6, 6.07) is -1.14. The molecule has 32 heavy (non-hydrogen) atoms. The fourth-order valence-electron chi connectivity index (χ4n) is 5.78. The van der Waals surface area contributed by atoms with E-state index in [4.69, 9.17) is 9.47 Å². The van der Waals surface area contributed by atoms with Gasteiger partial charge in [0.2, 0.25) is 0 Å². The van der Waals surface area contributed by atoms with Gasteiger partial charge in [-0.15, -0.1) is 25.3 Å². The summed E-state index contributed by atoms with van der Waals surface area (Å²) in [6.45, 7) is 5.49. The van der Waals surface area contributed by atoms with Crippen molar-refractivity contribution in [2.75, 3.05) is 13.7 Å². The van der Waals surface area contributed by atoms with E-state index in [2.05, 4.69) is 25.3 Å². The Labute approximate surface area is 196 Å². The van der Waals surface area contributed by atoms with Crippen LogP contribution in [0.25, 0.3) is 0 Å². The Morgan fingerprint density at radius 3 is 2.31 bits per heavy atom. The third-order valence-corrected chi connectivity index (χ3v) is 9.03. The van der Waals surface area contributed by atoms with Crippen LogP contribution >= 0.6 is 25.3 Å². The average molecular weight is 489 g/mol. The second kappa shape index (κ2) is 6.62. The number of carbonyl (C=O) groups excluding carboxylic acids is 4. The first-order valence-corrected chi connectivity index (χ1v) is 11.2. The minimum atomic E-state index is -2.00. The zero-order valence-corrected chi connectivity index (χ0v) is 20.3. The fourth-order valence-corrected chi connectivity index (χ4v) is 6.61. The number of hydrogen-bond donors (Lipinski definition) is 4. The summed E-state index contributed by atoms with van der Waals surface area (Å²) in [6.07, 6.45) is -2.61. The summed E-state index contributed by atoms with van der Waals surface area (Å²) in [5.41, 5.74) is -4.63. The number of ether oxygens (including phenoxy) is 2. The second-order valence-electron chi connectivity index (χ2n) is 9.91. The smallest absolute Gasteiger partial charge is 0.303 e. The van der Waals surface area contributed by atoms with Crippen LogP contribution in [0.1, 0.15) is 40.5 Å². The molecule has 4 rings (SSSR count). The van der Waals surface area contributed by atoms with Crippen LogP contribution in [-0.4, -0.2) is 96.4 Å². The summed E-state index contributed by atoms with van der Waals surface area (Å²) in [5, 5.41) is 21.8. The number of esters is 1. The Hall–Kier alpha value is -1.34. The lowest BCUT2D eigenvalue weighted by Gasteiger charge is -2.51. The lowest BCUT2D eigenvalue weighted by Crippen LogP contribution is -2.73. The monoisotopic (exact) mass is 488 g/mol. The standard InChI is InChI=1S/C20H28N2O8S2/c1-9-16(3,4)12(25)18(30-9)6-11-17(28,13(18)29-10(2)24)7-19(31)14(26)21(5)20(32,8-23)15(27)22(11)19/h9,11,13,23,28,31-32H,6-8H2,1-5H3. The van der Waals surface area contributed by atoms with Crippen molar-refractivity contribution in [3.63, 3.8) is 0 Å². The summed E-state index contributed by atoms with van der Waals surface area (Å²) >= 11 is 8.79. The van der Waals surface area contributed by atoms with Crippen molar-refractivity contribution >= 4 is 48.8 Å². The Kier molecular flexibility index (Phi) is 4.93. The molecule has 12 heteroatoms. The molecule has 2 amide bonds.